The maximum Gasteiger partial charge on any atom is 0.440 e. The smallest absolute Gasteiger partial charge is 0.440 e. The first-order chi connectivity index (χ1) is 8.63. The standard InChI is InChI=1S/C10H11N3O4S/c1-2-7-17-10(16)13(12-9(14)15)18-8-5-3-4-6-11-8/h2-6,12H,1,7H2,(H,14,15). The van der Waals surface area contributed by atoms with Gasteiger partial charge in [0.2, 0.25) is 0 Å². The zero-order chi connectivity index (χ0) is 13.4. The summed E-state index contributed by atoms with van der Waals surface area (Å²) in [5.74, 6) is 0. The van der Waals surface area contributed by atoms with Crippen molar-refractivity contribution in [2.75, 3.05) is 6.61 Å². The van der Waals surface area contributed by atoms with E-state index >= 15 is 0 Å². The van der Waals surface area contributed by atoms with Gasteiger partial charge >= 0.3 is 12.2 Å². The summed E-state index contributed by atoms with van der Waals surface area (Å²) in [6, 6.07) is 5.04. The van der Waals surface area contributed by atoms with Crippen molar-refractivity contribution in [2.45, 2.75) is 5.03 Å². The molecule has 0 atom stereocenters. The first-order valence-electron chi connectivity index (χ1n) is 4.80. The Bertz CT molecular complexity index is 426. The Hall–Kier alpha value is -2.22. The maximum absolute atomic E-state index is 11.5. The van der Waals surface area contributed by atoms with Crippen LogP contribution in [0.25, 0.3) is 0 Å². The molecule has 0 radical (unpaired) electrons. The molecule has 0 bridgehead atoms. The van der Waals surface area contributed by atoms with Crippen molar-refractivity contribution < 1.29 is 19.4 Å². The molecule has 0 aliphatic carbocycles. The number of aromatic nitrogens is 1. The average molecular weight is 269 g/mol. The van der Waals surface area contributed by atoms with Gasteiger partial charge in [-0.05, 0) is 12.1 Å². The number of amides is 2. The quantitative estimate of drug-likeness (QED) is 0.492. The van der Waals surface area contributed by atoms with Gasteiger partial charge < -0.3 is 9.84 Å². The van der Waals surface area contributed by atoms with Crippen molar-refractivity contribution >= 4 is 24.1 Å². The number of rotatable bonds is 4. The van der Waals surface area contributed by atoms with Crippen LogP contribution in [-0.2, 0) is 4.74 Å². The van der Waals surface area contributed by atoms with Gasteiger partial charge in [0.1, 0.15) is 11.6 Å². The number of nitrogens with zero attached hydrogens (tertiary/aromatic N) is 2. The van der Waals surface area contributed by atoms with Crippen molar-refractivity contribution in [1.29, 1.82) is 0 Å². The third-order valence-corrected chi connectivity index (χ3v) is 2.36. The lowest BCUT2D eigenvalue weighted by Gasteiger charge is -2.18. The van der Waals surface area contributed by atoms with Gasteiger partial charge in [-0.1, -0.05) is 18.7 Å². The number of ether oxygens (including phenoxy) is 1. The van der Waals surface area contributed by atoms with Crippen molar-refractivity contribution in [2.24, 2.45) is 0 Å². The molecule has 0 unspecified atom stereocenters. The molecule has 0 saturated heterocycles. The molecule has 2 N–H and O–H groups in total. The molecule has 0 fully saturated rings. The molecule has 1 heterocycles. The van der Waals surface area contributed by atoms with Gasteiger partial charge in [0, 0.05) is 18.1 Å². The van der Waals surface area contributed by atoms with Crippen LogP contribution in [0.5, 0.6) is 0 Å². The molecular weight excluding hydrogens is 258 g/mol. The van der Waals surface area contributed by atoms with E-state index in [0.717, 1.165) is 16.4 Å². The van der Waals surface area contributed by atoms with E-state index in [1.165, 1.54) is 12.3 Å². The number of carbonyl (C=O) groups excluding carboxylic acids is 1. The monoisotopic (exact) mass is 269 g/mol. The summed E-state index contributed by atoms with van der Waals surface area (Å²) >= 11 is 0.797. The van der Waals surface area contributed by atoms with Crippen molar-refractivity contribution in [3.05, 3.63) is 37.1 Å². The topological polar surface area (TPSA) is 91.8 Å². The third kappa shape index (κ3) is 4.74. The zero-order valence-electron chi connectivity index (χ0n) is 9.28. The van der Waals surface area contributed by atoms with Gasteiger partial charge in [0.25, 0.3) is 0 Å². The molecule has 1 aromatic heterocycles. The fourth-order valence-corrected chi connectivity index (χ4v) is 1.56. The van der Waals surface area contributed by atoms with E-state index in [0.29, 0.717) is 5.03 Å². The van der Waals surface area contributed by atoms with Crippen LogP contribution >= 0.6 is 11.9 Å². The van der Waals surface area contributed by atoms with Gasteiger partial charge in [-0.15, -0.1) is 4.41 Å². The molecule has 0 aliphatic heterocycles. The van der Waals surface area contributed by atoms with E-state index in [9.17, 15) is 9.59 Å². The minimum Gasteiger partial charge on any atom is -0.464 e. The second kappa shape index (κ2) is 7.17. The summed E-state index contributed by atoms with van der Waals surface area (Å²) in [6.45, 7) is 3.37. The van der Waals surface area contributed by atoms with E-state index in [1.54, 1.807) is 18.2 Å². The summed E-state index contributed by atoms with van der Waals surface area (Å²) in [5, 5.41) is 9.07. The predicted molar refractivity (Wildman–Crippen MR) is 64.6 cm³/mol. The summed E-state index contributed by atoms with van der Waals surface area (Å²) in [7, 11) is 0. The molecule has 96 valence electrons. The Morgan fingerprint density at radius 1 is 1.61 bits per heavy atom. The highest BCUT2D eigenvalue weighted by Gasteiger charge is 2.19. The molecule has 0 aromatic carbocycles. The third-order valence-electron chi connectivity index (χ3n) is 1.51. The number of hydrazine groups is 1. The normalized spacial score (nSPS) is 9.33. The number of nitrogens with one attached hydrogen (secondary N) is 1. The highest BCUT2D eigenvalue weighted by molar-refractivity contribution is 7.97. The average Bonchev–Trinajstić information content (AvgIpc) is 2.36. The SMILES string of the molecule is C=CCOC(=O)N(NC(=O)O)Sc1ccccn1. The van der Waals surface area contributed by atoms with Crippen LogP contribution in [0.4, 0.5) is 9.59 Å². The van der Waals surface area contributed by atoms with Crippen LogP contribution in [0.2, 0.25) is 0 Å². The second-order valence-electron chi connectivity index (χ2n) is 2.84. The molecular formula is C10H11N3O4S. The van der Waals surface area contributed by atoms with Gasteiger partial charge in [-0.25, -0.2) is 20.0 Å². The summed E-state index contributed by atoms with van der Waals surface area (Å²) < 4.78 is 5.45. The molecule has 2 amide bonds. The Morgan fingerprint density at radius 2 is 2.39 bits per heavy atom. The minimum atomic E-state index is -1.38. The molecule has 0 saturated carbocycles. The number of hydrogen-bond acceptors (Lipinski definition) is 5. The molecule has 1 rings (SSSR count). The molecule has 0 aliphatic rings. The fraction of sp³-hybridized carbons (Fsp3) is 0.100. The van der Waals surface area contributed by atoms with Gasteiger partial charge in [-0.3, -0.25) is 0 Å². The van der Waals surface area contributed by atoms with E-state index < -0.39 is 12.2 Å². The highest BCUT2D eigenvalue weighted by Crippen LogP contribution is 2.18. The summed E-state index contributed by atoms with van der Waals surface area (Å²) in [4.78, 5) is 26.0. The van der Waals surface area contributed by atoms with Gasteiger partial charge in [0.15, 0.2) is 0 Å². The van der Waals surface area contributed by atoms with Crippen LogP contribution in [0.1, 0.15) is 0 Å². The Morgan fingerprint density at radius 3 is 2.94 bits per heavy atom. The molecule has 0 spiro atoms. The van der Waals surface area contributed by atoms with Gasteiger partial charge in [0.05, 0.1) is 0 Å². The molecule has 18 heavy (non-hydrogen) atoms. The Balaban J connectivity index is 2.68. The number of carboxylic acid groups (broad SMARTS) is 1. The predicted octanol–water partition coefficient (Wildman–Crippen LogP) is 1.90. The molecule has 8 heteroatoms. The second-order valence-corrected chi connectivity index (χ2v) is 3.80. The van der Waals surface area contributed by atoms with Crippen LogP contribution in [0, 0.1) is 0 Å². The van der Waals surface area contributed by atoms with Gasteiger partial charge in [-0.2, -0.15) is 0 Å². The number of pyridine rings is 1. The molecule has 1 aromatic rings. The van der Waals surface area contributed by atoms with Crippen LogP contribution in [0.15, 0.2) is 42.1 Å². The van der Waals surface area contributed by atoms with Crippen LogP contribution in [0.3, 0.4) is 0 Å². The lowest BCUT2D eigenvalue weighted by molar-refractivity contribution is 0.121. The van der Waals surface area contributed by atoms with Crippen molar-refractivity contribution in [3.8, 4) is 0 Å². The fourth-order valence-electron chi connectivity index (χ4n) is 0.876. The van der Waals surface area contributed by atoms with E-state index in [2.05, 4.69) is 11.6 Å². The number of hydrogen-bond donors (Lipinski definition) is 2. The lowest BCUT2D eigenvalue weighted by Crippen LogP contribution is -2.41. The van der Waals surface area contributed by atoms with E-state index in [-0.39, 0.29) is 6.61 Å². The molecule has 7 nitrogen and oxygen atoms in total. The maximum atomic E-state index is 11.5. The number of carbonyl (C=O) groups is 2. The largest absolute Gasteiger partial charge is 0.464 e. The first-order valence-corrected chi connectivity index (χ1v) is 5.57. The highest BCUT2D eigenvalue weighted by atomic mass is 32.2. The Labute approximate surface area is 108 Å². The van der Waals surface area contributed by atoms with E-state index in [4.69, 9.17) is 9.84 Å². The zero-order valence-corrected chi connectivity index (χ0v) is 10.1. The van der Waals surface area contributed by atoms with Crippen LogP contribution in [-0.4, -0.2) is 33.3 Å². The van der Waals surface area contributed by atoms with Crippen LogP contribution < -0.4 is 5.43 Å². The van der Waals surface area contributed by atoms with E-state index in [1.807, 2.05) is 5.43 Å². The van der Waals surface area contributed by atoms with Crippen molar-refractivity contribution in [3.63, 3.8) is 0 Å². The van der Waals surface area contributed by atoms with Crippen molar-refractivity contribution in [1.82, 2.24) is 14.8 Å². The minimum absolute atomic E-state index is 0.0145. The Kier molecular flexibility index (Phi) is 5.52. The first kappa shape index (κ1) is 13.8. The summed E-state index contributed by atoms with van der Waals surface area (Å²) in [5.41, 5.74) is 1.90. The summed E-state index contributed by atoms with van der Waals surface area (Å²) in [6.07, 6.45) is 0.667. The lowest BCUT2D eigenvalue weighted by atomic mass is 10.5.